The fourth-order valence-corrected chi connectivity index (χ4v) is 1.78. The van der Waals surface area contributed by atoms with Gasteiger partial charge >= 0.3 is 0 Å². The standard InChI is InChI=1S/C8H12O2/c9-8-7-4-2-1-3-6(7)5-10-8/h1,3,6-9H,2,4-5H2/t6-,7-,8?/m0/s1. The lowest BCUT2D eigenvalue weighted by atomic mass is 9.86. The van der Waals surface area contributed by atoms with Gasteiger partial charge in [-0.25, -0.2) is 0 Å². The van der Waals surface area contributed by atoms with Gasteiger partial charge in [0.1, 0.15) is 0 Å². The number of aliphatic hydroxyl groups is 1. The largest absolute Gasteiger partial charge is 0.368 e. The van der Waals surface area contributed by atoms with Crippen LogP contribution in [0.5, 0.6) is 0 Å². The Morgan fingerprint density at radius 1 is 1.50 bits per heavy atom. The number of allylic oxidation sites excluding steroid dienone is 1. The highest BCUT2D eigenvalue weighted by molar-refractivity contribution is 5.00. The van der Waals surface area contributed by atoms with Gasteiger partial charge in [0.2, 0.25) is 0 Å². The van der Waals surface area contributed by atoms with Crippen LogP contribution in [0.3, 0.4) is 0 Å². The van der Waals surface area contributed by atoms with E-state index in [1.54, 1.807) is 0 Å². The summed E-state index contributed by atoms with van der Waals surface area (Å²) in [5.41, 5.74) is 0. The number of rotatable bonds is 0. The first kappa shape index (κ1) is 6.38. The summed E-state index contributed by atoms with van der Waals surface area (Å²) in [7, 11) is 0. The fraction of sp³-hybridized carbons (Fsp3) is 0.750. The summed E-state index contributed by atoms with van der Waals surface area (Å²) < 4.78 is 5.10. The Labute approximate surface area is 60.5 Å². The van der Waals surface area contributed by atoms with Gasteiger partial charge in [-0.1, -0.05) is 12.2 Å². The van der Waals surface area contributed by atoms with Crippen molar-refractivity contribution in [2.24, 2.45) is 11.8 Å². The van der Waals surface area contributed by atoms with Gasteiger partial charge in [-0.2, -0.15) is 0 Å². The average molecular weight is 140 g/mol. The van der Waals surface area contributed by atoms with Crippen LogP contribution < -0.4 is 0 Å². The summed E-state index contributed by atoms with van der Waals surface area (Å²) in [4.78, 5) is 0. The molecular formula is C8H12O2. The van der Waals surface area contributed by atoms with Gasteiger partial charge in [0, 0.05) is 11.8 Å². The van der Waals surface area contributed by atoms with Crippen LogP contribution in [0.25, 0.3) is 0 Å². The van der Waals surface area contributed by atoms with Crippen molar-refractivity contribution in [1.82, 2.24) is 0 Å². The summed E-state index contributed by atoms with van der Waals surface area (Å²) in [6.45, 7) is 0.711. The minimum Gasteiger partial charge on any atom is -0.368 e. The zero-order chi connectivity index (χ0) is 6.97. The Morgan fingerprint density at radius 2 is 2.40 bits per heavy atom. The van der Waals surface area contributed by atoms with Gasteiger partial charge in [0.05, 0.1) is 6.61 Å². The SMILES string of the molecule is OC1OC[C@@H]2C=CCC[C@H]12. The van der Waals surface area contributed by atoms with Crippen LogP contribution >= 0.6 is 0 Å². The molecule has 2 heteroatoms. The van der Waals surface area contributed by atoms with Gasteiger partial charge in [-0.3, -0.25) is 0 Å². The number of ether oxygens (including phenoxy) is 1. The second kappa shape index (κ2) is 2.36. The van der Waals surface area contributed by atoms with E-state index < -0.39 is 6.29 Å². The molecule has 2 rings (SSSR count). The highest BCUT2D eigenvalue weighted by Crippen LogP contribution is 2.33. The number of aliphatic hydroxyl groups excluding tert-OH is 1. The number of hydrogen-bond donors (Lipinski definition) is 1. The smallest absolute Gasteiger partial charge is 0.158 e. The number of fused-ring (bicyclic) bond motifs is 1. The molecule has 0 radical (unpaired) electrons. The van der Waals surface area contributed by atoms with E-state index in [0.717, 1.165) is 12.8 Å². The predicted octanol–water partition coefficient (Wildman–Crippen LogP) is 0.917. The van der Waals surface area contributed by atoms with E-state index in [1.807, 2.05) is 0 Å². The van der Waals surface area contributed by atoms with Gasteiger partial charge < -0.3 is 9.84 Å². The Hall–Kier alpha value is -0.340. The molecule has 1 N–H and O–H groups in total. The van der Waals surface area contributed by atoms with Crippen molar-refractivity contribution in [2.75, 3.05) is 6.61 Å². The summed E-state index contributed by atoms with van der Waals surface area (Å²) >= 11 is 0. The minimum atomic E-state index is -0.491. The first-order chi connectivity index (χ1) is 4.88. The molecule has 1 fully saturated rings. The third kappa shape index (κ3) is 0.879. The number of hydrogen-bond acceptors (Lipinski definition) is 2. The molecule has 10 heavy (non-hydrogen) atoms. The van der Waals surface area contributed by atoms with Crippen LogP contribution in [-0.2, 0) is 4.74 Å². The maximum Gasteiger partial charge on any atom is 0.158 e. The van der Waals surface area contributed by atoms with Crippen LogP contribution in [0, 0.1) is 11.8 Å². The first-order valence-corrected chi connectivity index (χ1v) is 3.84. The Bertz CT molecular complexity index is 153. The normalized spacial score (nSPS) is 45.5. The van der Waals surface area contributed by atoms with Gasteiger partial charge in [0.15, 0.2) is 6.29 Å². The van der Waals surface area contributed by atoms with Crippen molar-refractivity contribution in [3.8, 4) is 0 Å². The van der Waals surface area contributed by atoms with Crippen LogP contribution in [0.1, 0.15) is 12.8 Å². The first-order valence-electron chi connectivity index (χ1n) is 3.84. The molecule has 1 aliphatic carbocycles. The summed E-state index contributed by atoms with van der Waals surface area (Å²) in [5, 5.41) is 9.27. The lowest BCUT2D eigenvalue weighted by Crippen LogP contribution is -2.20. The molecule has 1 heterocycles. The van der Waals surface area contributed by atoms with E-state index in [1.165, 1.54) is 0 Å². The van der Waals surface area contributed by atoms with E-state index in [-0.39, 0.29) is 0 Å². The lowest BCUT2D eigenvalue weighted by molar-refractivity contribution is -0.0834. The van der Waals surface area contributed by atoms with E-state index in [9.17, 15) is 5.11 Å². The third-order valence-corrected chi connectivity index (χ3v) is 2.43. The van der Waals surface area contributed by atoms with Gasteiger partial charge in [-0.05, 0) is 12.8 Å². The Kier molecular flexibility index (Phi) is 1.51. The molecule has 0 aromatic rings. The lowest BCUT2D eigenvalue weighted by Gasteiger charge is -2.19. The molecule has 56 valence electrons. The fourth-order valence-electron chi connectivity index (χ4n) is 1.78. The summed E-state index contributed by atoms with van der Waals surface area (Å²) in [6.07, 6.45) is 6.05. The quantitative estimate of drug-likeness (QED) is 0.507. The van der Waals surface area contributed by atoms with Crippen molar-refractivity contribution in [2.45, 2.75) is 19.1 Å². The molecule has 0 aromatic heterocycles. The molecular weight excluding hydrogens is 128 g/mol. The highest BCUT2D eigenvalue weighted by Gasteiger charge is 2.34. The molecule has 3 atom stereocenters. The van der Waals surface area contributed by atoms with Crippen LogP contribution in [0.15, 0.2) is 12.2 Å². The van der Waals surface area contributed by atoms with Crippen molar-refractivity contribution < 1.29 is 9.84 Å². The van der Waals surface area contributed by atoms with Gasteiger partial charge in [0.25, 0.3) is 0 Å². The molecule has 2 nitrogen and oxygen atoms in total. The van der Waals surface area contributed by atoms with Gasteiger partial charge in [-0.15, -0.1) is 0 Å². The molecule has 0 bridgehead atoms. The third-order valence-electron chi connectivity index (χ3n) is 2.43. The molecule has 2 aliphatic rings. The second-order valence-electron chi connectivity index (χ2n) is 3.06. The van der Waals surface area contributed by atoms with E-state index >= 15 is 0 Å². The van der Waals surface area contributed by atoms with E-state index in [2.05, 4.69) is 12.2 Å². The van der Waals surface area contributed by atoms with Crippen molar-refractivity contribution in [3.05, 3.63) is 12.2 Å². The molecule has 1 unspecified atom stereocenters. The van der Waals surface area contributed by atoms with Crippen LogP contribution in [-0.4, -0.2) is 18.0 Å². The second-order valence-corrected chi connectivity index (χ2v) is 3.06. The monoisotopic (exact) mass is 140 g/mol. The highest BCUT2D eigenvalue weighted by atomic mass is 16.6. The molecule has 0 spiro atoms. The zero-order valence-corrected chi connectivity index (χ0v) is 5.86. The molecule has 0 aromatic carbocycles. The van der Waals surface area contributed by atoms with Crippen molar-refractivity contribution in [1.29, 1.82) is 0 Å². The summed E-state index contributed by atoms with van der Waals surface area (Å²) in [5.74, 6) is 0.869. The van der Waals surface area contributed by atoms with Crippen LogP contribution in [0.4, 0.5) is 0 Å². The van der Waals surface area contributed by atoms with Crippen molar-refractivity contribution in [3.63, 3.8) is 0 Å². The zero-order valence-electron chi connectivity index (χ0n) is 5.86. The summed E-state index contributed by atoms with van der Waals surface area (Å²) in [6, 6.07) is 0. The topological polar surface area (TPSA) is 29.5 Å². The van der Waals surface area contributed by atoms with Crippen molar-refractivity contribution >= 4 is 0 Å². The average Bonchev–Trinajstić information content (AvgIpc) is 2.34. The predicted molar refractivity (Wildman–Crippen MR) is 37.3 cm³/mol. The maximum absolute atomic E-state index is 9.27. The minimum absolute atomic E-state index is 0.380. The molecule has 1 aliphatic heterocycles. The maximum atomic E-state index is 9.27. The molecule has 1 saturated heterocycles. The molecule has 0 amide bonds. The van der Waals surface area contributed by atoms with Crippen LogP contribution in [0.2, 0.25) is 0 Å². The Morgan fingerprint density at radius 3 is 3.20 bits per heavy atom. The Balaban J connectivity index is 2.12. The van der Waals surface area contributed by atoms with E-state index in [4.69, 9.17) is 4.74 Å². The molecule has 0 saturated carbocycles. The van der Waals surface area contributed by atoms with E-state index in [0.29, 0.717) is 18.4 Å².